The lowest BCUT2D eigenvalue weighted by Crippen LogP contribution is -2.06. The van der Waals surface area contributed by atoms with Gasteiger partial charge >= 0.3 is 5.97 Å². The Kier molecular flexibility index (Phi) is 7.96. The molecule has 11 heteroatoms. The molecule has 4 aromatic rings. The fourth-order valence-corrected chi connectivity index (χ4v) is 5.31. The third kappa shape index (κ3) is 5.75. The highest BCUT2D eigenvalue weighted by atomic mass is 35.5. The molecule has 0 aliphatic heterocycles. The smallest absolute Gasteiger partial charge is 0.336 e. The van der Waals surface area contributed by atoms with Gasteiger partial charge in [0.05, 0.1) is 31.1 Å². The van der Waals surface area contributed by atoms with E-state index in [0.717, 1.165) is 30.2 Å². The van der Waals surface area contributed by atoms with Crippen LogP contribution in [0.2, 0.25) is 15.1 Å². The average Bonchev–Trinajstić information content (AvgIpc) is 3.68. The predicted molar refractivity (Wildman–Crippen MR) is 155 cm³/mol. The van der Waals surface area contributed by atoms with Crippen LogP contribution in [-0.2, 0) is 6.61 Å². The van der Waals surface area contributed by atoms with E-state index < -0.39 is 10.9 Å². The Morgan fingerprint density at radius 1 is 1.10 bits per heavy atom. The number of aromatic carboxylic acids is 1. The van der Waals surface area contributed by atoms with Crippen molar-refractivity contribution in [1.29, 1.82) is 0 Å². The molecule has 1 aliphatic carbocycles. The fourth-order valence-electron chi connectivity index (χ4n) is 4.52. The van der Waals surface area contributed by atoms with Crippen molar-refractivity contribution in [3.05, 3.63) is 107 Å². The van der Waals surface area contributed by atoms with Gasteiger partial charge in [-0.05, 0) is 56.5 Å². The van der Waals surface area contributed by atoms with E-state index in [1.165, 1.54) is 6.92 Å². The summed E-state index contributed by atoms with van der Waals surface area (Å²) in [5.74, 6) is 5.99. The summed E-state index contributed by atoms with van der Waals surface area (Å²) in [6, 6.07) is 11.2. The maximum absolute atomic E-state index is 11.6. The summed E-state index contributed by atoms with van der Waals surface area (Å²) in [6.45, 7) is 3.23. The van der Waals surface area contributed by atoms with Crippen LogP contribution in [0.25, 0.3) is 11.3 Å². The summed E-state index contributed by atoms with van der Waals surface area (Å²) in [5, 5.41) is 26.4. The summed E-state index contributed by atoms with van der Waals surface area (Å²) < 4.78 is 11.8. The molecule has 0 amide bonds. The first kappa shape index (κ1) is 28.5. The third-order valence-electron chi connectivity index (χ3n) is 6.86. The van der Waals surface area contributed by atoms with Gasteiger partial charge in [-0.15, -0.1) is 0 Å². The van der Waals surface area contributed by atoms with Crippen LogP contribution >= 0.6 is 34.8 Å². The number of aromatic nitrogens is 1. The van der Waals surface area contributed by atoms with Crippen LogP contribution in [0.4, 0.5) is 5.69 Å². The zero-order valence-electron chi connectivity index (χ0n) is 21.8. The minimum Gasteiger partial charge on any atom is -0.489 e. The Labute approximate surface area is 249 Å². The highest BCUT2D eigenvalue weighted by Gasteiger charge is 2.33. The molecule has 0 saturated heterocycles. The Morgan fingerprint density at radius 3 is 2.41 bits per heavy atom. The molecule has 0 radical (unpaired) electrons. The molecule has 8 nitrogen and oxygen atoms in total. The lowest BCUT2D eigenvalue weighted by Gasteiger charge is -2.10. The molecule has 1 aromatic heterocycles. The molecule has 0 bridgehead atoms. The summed E-state index contributed by atoms with van der Waals surface area (Å²) in [6.07, 6.45) is 1.99. The molecular formula is C30H21Cl3N2O6. The van der Waals surface area contributed by atoms with Gasteiger partial charge in [-0.3, -0.25) is 10.1 Å². The minimum atomic E-state index is -1.27. The minimum absolute atomic E-state index is 0.137. The van der Waals surface area contributed by atoms with E-state index >= 15 is 0 Å². The summed E-state index contributed by atoms with van der Waals surface area (Å²) in [4.78, 5) is 22.5. The number of nitro benzene ring substituents is 1. The average molecular weight is 612 g/mol. The molecule has 208 valence electrons. The Hall–Kier alpha value is -4.03. The Morgan fingerprint density at radius 2 is 1.80 bits per heavy atom. The standard InChI is InChI=1S/C30H21Cl3N2O6/c1-15-20(16(2)26(35(38)39)13-21(15)30(36)37)11-9-17-8-10-19(12-25(17)33)40-14-22-28(34-41-29(22)18-6-7-18)27-23(31)4-3-5-24(27)32/h3-5,8,10,12-13,18H,6-7,14H2,1-2H3,(H,36,37). The second-order valence-electron chi connectivity index (χ2n) is 9.56. The molecule has 1 saturated carbocycles. The number of nitro groups is 1. The molecule has 0 spiro atoms. The number of benzene rings is 3. The quantitative estimate of drug-likeness (QED) is 0.127. The van der Waals surface area contributed by atoms with Crippen molar-refractivity contribution in [3.63, 3.8) is 0 Å². The van der Waals surface area contributed by atoms with Crippen LogP contribution in [0.3, 0.4) is 0 Å². The van der Waals surface area contributed by atoms with E-state index in [1.807, 2.05) is 0 Å². The molecule has 0 atom stereocenters. The van der Waals surface area contributed by atoms with E-state index in [0.29, 0.717) is 38.2 Å². The van der Waals surface area contributed by atoms with Gasteiger partial charge in [0.1, 0.15) is 23.8 Å². The Bertz CT molecular complexity index is 1720. The molecule has 0 unspecified atom stereocenters. The van der Waals surface area contributed by atoms with Gasteiger partial charge < -0.3 is 14.4 Å². The molecule has 5 rings (SSSR count). The molecule has 1 heterocycles. The molecule has 3 aromatic carbocycles. The monoisotopic (exact) mass is 610 g/mol. The SMILES string of the molecule is Cc1c(C(=O)O)cc([N+](=O)[O-])c(C)c1C#Cc1ccc(OCc2c(-c3c(Cl)cccc3Cl)noc2C2CC2)cc1Cl. The number of rotatable bonds is 7. The van der Waals surface area contributed by atoms with Gasteiger partial charge in [0.2, 0.25) is 0 Å². The lowest BCUT2D eigenvalue weighted by molar-refractivity contribution is -0.385. The van der Waals surface area contributed by atoms with E-state index in [2.05, 4.69) is 17.0 Å². The second-order valence-corrected chi connectivity index (χ2v) is 10.8. The first-order valence-electron chi connectivity index (χ1n) is 12.5. The van der Waals surface area contributed by atoms with Crippen LogP contribution < -0.4 is 4.74 Å². The zero-order chi connectivity index (χ0) is 29.4. The van der Waals surface area contributed by atoms with Crippen molar-refractivity contribution in [2.24, 2.45) is 0 Å². The number of halogens is 3. The number of ether oxygens (including phenoxy) is 1. The first-order valence-corrected chi connectivity index (χ1v) is 13.6. The molecule has 1 N–H and O–H groups in total. The first-order chi connectivity index (χ1) is 19.6. The predicted octanol–water partition coefficient (Wildman–Crippen LogP) is 8.38. The van der Waals surface area contributed by atoms with Crippen molar-refractivity contribution < 1.29 is 24.1 Å². The van der Waals surface area contributed by atoms with Crippen molar-refractivity contribution in [2.45, 2.75) is 39.2 Å². The number of hydrogen-bond acceptors (Lipinski definition) is 6. The maximum Gasteiger partial charge on any atom is 0.336 e. The number of carbonyl (C=O) groups is 1. The van der Waals surface area contributed by atoms with E-state index in [-0.39, 0.29) is 39.9 Å². The van der Waals surface area contributed by atoms with Crippen molar-refractivity contribution in [1.82, 2.24) is 5.16 Å². The van der Waals surface area contributed by atoms with E-state index in [4.69, 9.17) is 44.1 Å². The largest absolute Gasteiger partial charge is 0.489 e. The van der Waals surface area contributed by atoms with Gasteiger partial charge in [-0.25, -0.2) is 4.79 Å². The second kappa shape index (κ2) is 11.5. The van der Waals surface area contributed by atoms with Gasteiger partial charge in [0.25, 0.3) is 5.69 Å². The maximum atomic E-state index is 11.6. The summed E-state index contributed by atoms with van der Waals surface area (Å²) in [5.41, 5.74) is 2.67. The normalized spacial score (nSPS) is 12.5. The van der Waals surface area contributed by atoms with Crippen molar-refractivity contribution in [3.8, 4) is 28.8 Å². The molecule has 41 heavy (non-hydrogen) atoms. The van der Waals surface area contributed by atoms with Crippen LogP contribution in [0.1, 0.15) is 62.7 Å². The van der Waals surface area contributed by atoms with Crippen LogP contribution in [0, 0.1) is 35.8 Å². The van der Waals surface area contributed by atoms with Gasteiger partial charge in [0.15, 0.2) is 0 Å². The topological polar surface area (TPSA) is 116 Å². The van der Waals surface area contributed by atoms with Crippen LogP contribution in [-0.4, -0.2) is 21.2 Å². The zero-order valence-corrected chi connectivity index (χ0v) is 24.0. The van der Waals surface area contributed by atoms with Gasteiger partial charge in [-0.1, -0.05) is 57.9 Å². The van der Waals surface area contributed by atoms with Crippen LogP contribution in [0.5, 0.6) is 5.75 Å². The number of carboxylic acids is 1. The van der Waals surface area contributed by atoms with Crippen LogP contribution in [0.15, 0.2) is 47.0 Å². The molecular weight excluding hydrogens is 591 g/mol. The van der Waals surface area contributed by atoms with E-state index in [9.17, 15) is 20.0 Å². The third-order valence-corrected chi connectivity index (χ3v) is 7.80. The fraction of sp³-hybridized carbons (Fsp3) is 0.200. The highest BCUT2D eigenvalue weighted by molar-refractivity contribution is 6.39. The van der Waals surface area contributed by atoms with Gasteiger partial charge in [0, 0.05) is 40.3 Å². The molecule has 1 fully saturated rings. The number of nitrogens with zero attached hydrogens (tertiary/aromatic N) is 2. The lowest BCUT2D eigenvalue weighted by atomic mass is 9.96. The summed E-state index contributed by atoms with van der Waals surface area (Å²) >= 11 is 19.4. The van der Waals surface area contributed by atoms with Crippen molar-refractivity contribution in [2.75, 3.05) is 0 Å². The highest BCUT2D eigenvalue weighted by Crippen LogP contribution is 2.46. The summed E-state index contributed by atoms with van der Waals surface area (Å²) in [7, 11) is 0. The number of carboxylic acid groups (broad SMARTS) is 1. The van der Waals surface area contributed by atoms with Crippen molar-refractivity contribution >= 4 is 46.5 Å². The molecule has 1 aliphatic rings. The van der Waals surface area contributed by atoms with Gasteiger partial charge in [-0.2, -0.15) is 0 Å². The number of hydrogen-bond donors (Lipinski definition) is 1. The van der Waals surface area contributed by atoms with E-state index in [1.54, 1.807) is 43.3 Å². The Balaban J connectivity index is 1.43.